The molecule has 0 bridgehead atoms. The van der Waals surface area contributed by atoms with Crippen LogP contribution in [0.1, 0.15) is 35.9 Å². The van der Waals surface area contributed by atoms with Crippen molar-refractivity contribution in [1.29, 1.82) is 0 Å². The van der Waals surface area contributed by atoms with Crippen molar-refractivity contribution in [3.8, 4) is 11.5 Å². The first-order chi connectivity index (χ1) is 15.4. The molecule has 1 aliphatic rings. The molecular formula is C22H19F3N6O. The number of rotatable bonds is 3. The molecule has 0 amide bonds. The van der Waals surface area contributed by atoms with E-state index in [0.717, 1.165) is 53.9 Å². The van der Waals surface area contributed by atoms with Crippen molar-refractivity contribution in [2.45, 2.75) is 31.9 Å². The van der Waals surface area contributed by atoms with Gasteiger partial charge in [0.25, 0.3) is 0 Å². The molecule has 10 heteroatoms. The second kappa shape index (κ2) is 7.85. The summed E-state index contributed by atoms with van der Waals surface area (Å²) in [6, 6.07) is 9.57. The zero-order chi connectivity index (χ0) is 22.3. The molecular weight excluding hydrogens is 421 g/mol. The molecule has 0 saturated carbocycles. The van der Waals surface area contributed by atoms with Gasteiger partial charge in [-0.25, -0.2) is 4.98 Å². The molecule has 164 valence electrons. The smallest absolute Gasteiger partial charge is 0.370 e. The lowest BCUT2D eigenvalue weighted by Crippen LogP contribution is -2.33. The highest BCUT2D eigenvalue weighted by Gasteiger charge is 2.38. The van der Waals surface area contributed by atoms with Gasteiger partial charge in [-0.1, -0.05) is 5.16 Å². The molecule has 5 rings (SSSR count). The molecule has 4 aromatic heterocycles. The van der Waals surface area contributed by atoms with Crippen LogP contribution < -0.4 is 4.90 Å². The highest BCUT2D eigenvalue weighted by Crippen LogP contribution is 2.34. The maximum absolute atomic E-state index is 12.8. The van der Waals surface area contributed by atoms with E-state index < -0.39 is 12.1 Å². The molecule has 4 aromatic rings. The van der Waals surface area contributed by atoms with Gasteiger partial charge in [0.2, 0.25) is 5.82 Å². The molecule has 0 spiro atoms. The van der Waals surface area contributed by atoms with Crippen molar-refractivity contribution in [2.24, 2.45) is 0 Å². The van der Waals surface area contributed by atoms with Crippen molar-refractivity contribution in [2.75, 3.05) is 18.0 Å². The number of anilines is 1. The van der Waals surface area contributed by atoms with Crippen LogP contribution >= 0.6 is 0 Å². The summed E-state index contributed by atoms with van der Waals surface area (Å²) in [6.45, 7) is 3.62. The summed E-state index contributed by atoms with van der Waals surface area (Å²) in [4.78, 5) is 19.0. The molecule has 0 aromatic carbocycles. The number of piperidine rings is 1. The fourth-order valence-electron chi connectivity index (χ4n) is 4.08. The van der Waals surface area contributed by atoms with Gasteiger partial charge in [-0.2, -0.15) is 18.2 Å². The van der Waals surface area contributed by atoms with Gasteiger partial charge < -0.3 is 9.42 Å². The van der Waals surface area contributed by atoms with Crippen LogP contribution in [-0.2, 0) is 6.18 Å². The van der Waals surface area contributed by atoms with Crippen LogP contribution in [0.3, 0.4) is 0 Å². The maximum atomic E-state index is 12.8. The van der Waals surface area contributed by atoms with Crippen molar-refractivity contribution in [1.82, 2.24) is 25.1 Å². The first-order valence-corrected chi connectivity index (χ1v) is 10.2. The van der Waals surface area contributed by atoms with Crippen LogP contribution in [0.2, 0.25) is 0 Å². The molecule has 7 nitrogen and oxygen atoms in total. The van der Waals surface area contributed by atoms with Gasteiger partial charge in [-0.3, -0.25) is 9.97 Å². The molecule has 1 aliphatic heterocycles. The van der Waals surface area contributed by atoms with Crippen molar-refractivity contribution >= 4 is 16.7 Å². The largest absolute Gasteiger partial charge is 0.471 e. The normalized spacial score (nSPS) is 15.4. The number of halogens is 3. The molecule has 0 aliphatic carbocycles. The highest BCUT2D eigenvalue weighted by atomic mass is 19.4. The Kier molecular flexibility index (Phi) is 4.99. The molecule has 1 fully saturated rings. The van der Waals surface area contributed by atoms with Gasteiger partial charge in [-0.05, 0) is 61.6 Å². The average molecular weight is 440 g/mol. The van der Waals surface area contributed by atoms with Crippen LogP contribution in [0, 0.1) is 6.92 Å². The number of alkyl halides is 3. The summed E-state index contributed by atoms with van der Waals surface area (Å²) in [5.74, 6) is -1.28. The third-order valence-corrected chi connectivity index (χ3v) is 5.69. The zero-order valence-corrected chi connectivity index (χ0v) is 17.2. The Labute approximate surface area is 181 Å². The first kappa shape index (κ1) is 20.3. The summed E-state index contributed by atoms with van der Waals surface area (Å²) in [5, 5.41) is 3.44. The Hall–Kier alpha value is -3.56. The Morgan fingerprint density at radius 2 is 1.78 bits per heavy atom. The number of hydrogen-bond donors (Lipinski definition) is 0. The number of aromatic nitrogens is 5. The lowest BCUT2D eigenvalue weighted by Gasteiger charge is -2.34. The molecule has 0 radical (unpaired) electrons. The average Bonchev–Trinajstić information content (AvgIpc) is 3.30. The predicted molar refractivity (Wildman–Crippen MR) is 111 cm³/mol. The summed E-state index contributed by atoms with van der Waals surface area (Å²) < 4.78 is 42.6. The molecule has 1 saturated heterocycles. The number of pyridine rings is 3. The molecule has 0 N–H and O–H groups in total. The van der Waals surface area contributed by atoms with E-state index in [0.29, 0.717) is 0 Å². The SMILES string of the molecule is Cc1ccc2nccc(N3CCC(c4ccnc(-c5noc(C(F)(F)F)n5)c4)CC3)c2n1. The topological polar surface area (TPSA) is 80.8 Å². The summed E-state index contributed by atoms with van der Waals surface area (Å²) in [5.41, 5.74) is 5.05. The van der Waals surface area contributed by atoms with E-state index in [1.54, 1.807) is 18.5 Å². The lowest BCUT2D eigenvalue weighted by molar-refractivity contribution is -0.159. The van der Waals surface area contributed by atoms with Gasteiger partial charge in [0, 0.05) is 31.2 Å². The van der Waals surface area contributed by atoms with E-state index >= 15 is 0 Å². The monoisotopic (exact) mass is 440 g/mol. The summed E-state index contributed by atoms with van der Waals surface area (Å²) >= 11 is 0. The quantitative estimate of drug-likeness (QED) is 0.453. The minimum Gasteiger partial charge on any atom is -0.370 e. The number of fused-ring (bicyclic) bond motifs is 1. The number of hydrogen-bond acceptors (Lipinski definition) is 7. The van der Waals surface area contributed by atoms with Crippen molar-refractivity contribution in [3.63, 3.8) is 0 Å². The van der Waals surface area contributed by atoms with Crippen LogP contribution in [0.15, 0.2) is 47.2 Å². The van der Waals surface area contributed by atoms with Gasteiger partial charge >= 0.3 is 12.1 Å². The second-order valence-corrected chi connectivity index (χ2v) is 7.81. The van der Waals surface area contributed by atoms with E-state index in [4.69, 9.17) is 0 Å². The van der Waals surface area contributed by atoms with E-state index in [1.165, 1.54) is 0 Å². The molecule has 0 atom stereocenters. The Balaban J connectivity index is 1.34. The van der Waals surface area contributed by atoms with Crippen LogP contribution in [-0.4, -0.2) is 38.2 Å². The fraction of sp³-hybridized carbons (Fsp3) is 0.318. The Bertz CT molecular complexity index is 1260. The van der Waals surface area contributed by atoms with E-state index in [2.05, 4.69) is 34.5 Å². The maximum Gasteiger partial charge on any atom is 0.471 e. The van der Waals surface area contributed by atoms with Crippen molar-refractivity contribution < 1.29 is 17.7 Å². The van der Waals surface area contributed by atoms with Crippen LogP contribution in [0.25, 0.3) is 22.6 Å². The van der Waals surface area contributed by atoms with Gasteiger partial charge in [0.05, 0.1) is 11.2 Å². The second-order valence-electron chi connectivity index (χ2n) is 7.81. The molecule has 32 heavy (non-hydrogen) atoms. The number of nitrogens with zero attached hydrogens (tertiary/aromatic N) is 6. The summed E-state index contributed by atoms with van der Waals surface area (Å²) in [7, 11) is 0. The van der Waals surface area contributed by atoms with Gasteiger partial charge in [0.1, 0.15) is 11.2 Å². The standard InChI is InChI=1S/C22H19F3N6O/c1-13-2-3-16-19(28-13)18(5-9-26-16)31-10-6-14(7-11-31)15-4-8-27-17(12-15)20-29-21(32-30-20)22(23,24)25/h2-5,8-9,12,14H,6-7,10-11H2,1H3. The highest BCUT2D eigenvalue weighted by molar-refractivity contribution is 5.87. The first-order valence-electron chi connectivity index (χ1n) is 10.2. The zero-order valence-electron chi connectivity index (χ0n) is 17.2. The Morgan fingerprint density at radius 1 is 1.00 bits per heavy atom. The van der Waals surface area contributed by atoms with E-state index in [1.807, 2.05) is 31.2 Å². The van der Waals surface area contributed by atoms with E-state index in [9.17, 15) is 13.2 Å². The molecule has 0 unspecified atom stereocenters. The minimum absolute atomic E-state index is 0.165. The predicted octanol–water partition coefficient (Wildman–Crippen LogP) is 4.79. The number of aryl methyl sites for hydroxylation is 1. The fourth-order valence-corrected chi connectivity index (χ4v) is 4.08. The van der Waals surface area contributed by atoms with E-state index in [-0.39, 0.29) is 17.4 Å². The summed E-state index contributed by atoms with van der Waals surface area (Å²) in [6.07, 6.45) is 0.470. The van der Waals surface area contributed by atoms with Crippen LogP contribution in [0.4, 0.5) is 18.9 Å². The lowest BCUT2D eigenvalue weighted by atomic mass is 9.89. The van der Waals surface area contributed by atoms with Gasteiger partial charge in [0.15, 0.2) is 0 Å². The third-order valence-electron chi connectivity index (χ3n) is 5.69. The van der Waals surface area contributed by atoms with Gasteiger partial charge in [-0.15, -0.1) is 0 Å². The van der Waals surface area contributed by atoms with Crippen LogP contribution in [0.5, 0.6) is 0 Å². The van der Waals surface area contributed by atoms with Crippen molar-refractivity contribution in [3.05, 3.63) is 59.9 Å². The third kappa shape index (κ3) is 3.88. The molecule has 5 heterocycles. The Morgan fingerprint density at radius 3 is 2.53 bits per heavy atom. The minimum atomic E-state index is -4.68.